The number of rotatable bonds is 10. The van der Waals surface area contributed by atoms with Crippen LogP contribution in [0.15, 0.2) is 30.3 Å². The topological polar surface area (TPSA) is 102 Å². The van der Waals surface area contributed by atoms with Crippen LogP contribution in [-0.2, 0) is 14.4 Å². The molecule has 3 fully saturated rings. The van der Waals surface area contributed by atoms with Crippen LogP contribution in [0.1, 0.15) is 77.6 Å². The number of hydrogen-bond donors (Lipinski definition) is 3. The van der Waals surface area contributed by atoms with Gasteiger partial charge in [0.25, 0.3) is 0 Å². The van der Waals surface area contributed by atoms with Gasteiger partial charge in [-0.25, -0.2) is 0 Å². The number of unbranched alkanes of at least 4 members (excludes halogenated alkanes) is 1. The molecule has 0 radical (unpaired) electrons. The monoisotopic (exact) mass is 548 g/mol. The lowest BCUT2D eigenvalue weighted by molar-refractivity contribution is -0.165. The van der Waals surface area contributed by atoms with E-state index in [9.17, 15) is 19.5 Å². The maximum atomic E-state index is 13.7. The summed E-state index contributed by atoms with van der Waals surface area (Å²) in [7, 11) is 0. The van der Waals surface area contributed by atoms with Crippen molar-refractivity contribution in [3.63, 3.8) is 0 Å². The van der Waals surface area contributed by atoms with Crippen molar-refractivity contribution in [3.05, 3.63) is 30.3 Å². The molecule has 1 aromatic carbocycles. The molecule has 2 saturated heterocycles. The second-order valence-electron chi connectivity index (χ2n) is 11.1. The molecule has 3 aliphatic rings. The number of hydrogen-bond acceptors (Lipinski definition) is 5. The smallest absolute Gasteiger partial charge is 0.248 e. The van der Waals surface area contributed by atoms with Gasteiger partial charge in [0.2, 0.25) is 17.7 Å². The van der Waals surface area contributed by atoms with Crippen molar-refractivity contribution in [1.82, 2.24) is 15.1 Å². The van der Waals surface area contributed by atoms with Gasteiger partial charge < -0.3 is 25.5 Å². The first-order valence-electron chi connectivity index (χ1n) is 14.3. The molecule has 38 heavy (non-hydrogen) atoms. The molecular weight excluding hydrogens is 504 g/mol. The molecule has 8 nitrogen and oxygen atoms in total. The van der Waals surface area contributed by atoms with Crippen molar-refractivity contribution < 1.29 is 19.5 Å². The lowest BCUT2D eigenvalue weighted by atomic mass is 9.78. The van der Waals surface area contributed by atoms with E-state index in [1.807, 2.05) is 35.2 Å². The number of carbonyl (C=O) groups is 3. The Morgan fingerprint density at radius 2 is 1.76 bits per heavy atom. The third kappa shape index (κ3) is 7.07. The Hall–Kier alpha value is -2.16. The fourth-order valence-corrected chi connectivity index (χ4v) is 6.31. The molecule has 9 heteroatoms. The van der Waals surface area contributed by atoms with Gasteiger partial charge in [-0.1, -0.05) is 50.8 Å². The quantitative estimate of drug-likeness (QED) is 0.413. The van der Waals surface area contributed by atoms with E-state index in [4.69, 9.17) is 0 Å². The number of carbonyl (C=O) groups excluding carboxylic acids is 3. The van der Waals surface area contributed by atoms with E-state index < -0.39 is 17.7 Å². The van der Waals surface area contributed by atoms with E-state index in [0.29, 0.717) is 38.9 Å². The standard InChI is InChI=1S/C29H44N4O4.ClH/c1-2-3-19-33-27(36)25(26(35)22-11-6-4-7-12-22)31-28(37)29(33)16-20-32(21-17-29)18-10-15-24(34)30-23-13-8-5-9-14-23;/h5,8-9,13-14,22,25-26,35H,2-4,6-7,10-12,15-21H2,1H3,(H,30,34)(H,31,37);1H/t25-,26-;/m1./s1. The average molecular weight is 549 g/mol. The number of benzene rings is 1. The first-order chi connectivity index (χ1) is 17.9. The highest BCUT2D eigenvalue weighted by Gasteiger charge is 2.55. The summed E-state index contributed by atoms with van der Waals surface area (Å²) in [5.74, 6) is -0.140. The molecule has 4 rings (SSSR count). The van der Waals surface area contributed by atoms with Crippen LogP contribution >= 0.6 is 12.4 Å². The number of anilines is 1. The summed E-state index contributed by atoms with van der Waals surface area (Å²) in [6.07, 6.45) is 8.46. The molecular formula is C29H45ClN4O4. The van der Waals surface area contributed by atoms with E-state index in [1.165, 1.54) is 6.42 Å². The maximum Gasteiger partial charge on any atom is 0.248 e. The number of halogens is 1. The van der Waals surface area contributed by atoms with Crippen LogP contribution in [-0.4, -0.2) is 76.5 Å². The molecule has 2 atom stereocenters. The normalized spacial score (nSPS) is 23.0. The Kier molecular flexibility index (Phi) is 11.4. The van der Waals surface area contributed by atoms with E-state index >= 15 is 0 Å². The van der Waals surface area contributed by atoms with Gasteiger partial charge in [-0.05, 0) is 63.1 Å². The number of nitrogens with one attached hydrogen (secondary N) is 2. The van der Waals surface area contributed by atoms with E-state index in [-0.39, 0.29) is 36.0 Å². The van der Waals surface area contributed by atoms with Crippen molar-refractivity contribution in [2.24, 2.45) is 5.92 Å². The van der Waals surface area contributed by atoms with Crippen LogP contribution < -0.4 is 10.6 Å². The molecule has 0 bridgehead atoms. The van der Waals surface area contributed by atoms with Crippen LogP contribution in [0.25, 0.3) is 0 Å². The minimum Gasteiger partial charge on any atom is -0.390 e. The Balaban J connectivity index is 0.00000400. The average Bonchev–Trinajstić information content (AvgIpc) is 2.92. The van der Waals surface area contributed by atoms with Gasteiger partial charge in [-0.2, -0.15) is 0 Å². The minimum absolute atomic E-state index is 0. The summed E-state index contributed by atoms with van der Waals surface area (Å²) in [5.41, 5.74) is -0.0320. The Morgan fingerprint density at radius 3 is 2.42 bits per heavy atom. The fourth-order valence-electron chi connectivity index (χ4n) is 6.31. The van der Waals surface area contributed by atoms with Crippen LogP contribution in [0.5, 0.6) is 0 Å². The number of amides is 3. The zero-order valence-corrected chi connectivity index (χ0v) is 23.5. The summed E-state index contributed by atoms with van der Waals surface area (Å²) in [6, 6.07) is 8.63. The number of para-hydroxylation sites is 1. The molecule has 1 aromatic rings. The first-order valence-corrected chi connectivity index (χ1v) is 14.3. The lowest BCUT2D eigenvalue weighted by Crippen LogP contribution is -2.75. The molecule has 3 amide bonds. The molecule has 212 valence electrons. The largest absolute Gasteiger partial charge is 0.390 e. The van der Waals surface area contributed by atoms with Crippen molar-refractivity contribution in [2.45, 2.75) is 95.2 Å². The zero-order chi connectivity index (χ0) is 26.3. The van der Waals surface area contributed by atoms with Gasteiger partial charge in [0.1, 0.15) is 11.6 Å². The maximum absolute atomic E-state index is 13.7. The summed E-state index contributed by atoms with van der Waals surface area (Å²) in [4.78, 5) is 43.7. The summed E-state index contributed by atoms with van der Waals surface area (Å²) in [6.45, 7) is 4.84. The predicted molar refractivity (Wildman–Crippen MR) is 151 cm³/mol. The third-order valence-corrected chi connectivity index (χ3v) is 8.59. The van der Waals surface area contributed by atoms with Gasteiger partial charge in [0, 0.05) is 31.7 Å². The third-order valence-electron chi connectivity index (χ3n) is 8.59. The van der Waals surface area contributed by atoms with Crippen molar-refractivity contribution in [1.29, 1.82) is 0 Å². The Bertz CT molecular complexity index is 916. The molecule has 3 N–H and O–H groups in total. The highest BCUT2D eigenvalue weighted by Crippen LogP contribution is 2.36. The van der Waals surface area contributed by atoms with Gasteiger partial charge in [0.15, 0.2) is 0 Å². The van der Waals surface area contributed by atoms with Crippen LogP contribution in [0.3, 0.4) is 0 Å². The summed E-state index contributed by atoms with van der Waals surface area (Å²) in [5, 5.41) is 17.0. The summed E-state index contributed by atoms with van der Waals surface area (Å²) >= 11 is 0. The van der Waals surface area contributed by atoms with Crippen LogP contribution in [0.4, 0.5) is 5.69 Å². The zero-order valence-electron chi connectivity index (χ0n) is 22.7. The molecule has 1 saturated carbocycles. The Labute approximate surface area is 233 Å². The number of piperazine rings is 1. The first kappa shape index (κ1) is 30.4. The highest BCUT2D eigenvalue weighted by atomic mass is 35.5. The van der Waals surface area contributed by atoms with Gasteiger partial charge in [-0.3, -0.25) is 14.4 Å². The van der Waals surface area contributed by atoms with Crippen molar-refractivity contribution in [2.75, 3.05) is 31.5 Å². The molecule has 0 aromatic heterocycles. The van der Waals surface area contributed by atoms with Crippen LogP contribution in [0, 0.1) is 5.92 Å². The van der Waals surface area contributed by atoms with Gasteiger partial charge in [0.05, 0.1) is 6.10 Å². The molecule has 2 aliphatic heterocycles. The number of piperidine rings is 1. The molecule has 1 aliphatic carbocycles. The molecule has 2 heterocycles. The van der Waals surface area contributed by atoms with Crippen molar-refractivity contribution >= 4 is 35.8 Å². The minimum atomic E-state index is -0.837. The van der Waals surface area contributed by atoms with Gasteiger partial charge >= 0.3 is 0 Å². The predicted octanol–water partition coefficient (Wildman–Crippen LogP) is 3.73. The van der Waals surface area contributed by atoms with E-state index in [1.54, 1.807) is 0 Å². The Morgan fingerprint density at radius 1 is 1.08 bits per heavy atom. The van der Waals surface area contributed by atoms with Gasteiger partial charge in [-0.15, -0.1) is 12.4 Å². The number of nitrogens with zero attached hydrogens (tertiary/aromatic N) is 2. The molecule has 0 unspecified atom stereocenters. The SMILES string of the molecule is CCCCN1C(=O)[C@@H]([C@H](O)C2CCCCC2)NC(=O)C12CCN(CCCC(=O)Nc1ccccc1)CC2.Cl. The van der Waals surface area contributed by atoms with Crippen molar-refractivity contribution in [3.8, 4) is 0 Å². The fraction of sp³-hybridized carbons (Fsp3) is 0.690. The molecule has 1 spiro atoms. The highest BCUT2D eigenvalue weighted by molar-refractivity contribution is 6.00. The van der Waals surface area contributed by atoms with E-state index in [2.05, 4.69) is 22.5 Å². The summed E-state index contributed by atoms with van der Waals surface area (Å²) < 4.78 is 0. The number of likely N-dealkylation sites (tertiary alicyclic amines) is 1. The number of aliphatic hydroxyl groups excluding tert-OH is 1. The second-order valence-corrected chi connectivity index (χ2v) is 11.1. The lowest BCUT2D eigenvalue weighted by Gasteiger charge is -2.52. The van der Waals surface area contributed by atoms with E-state index in [0.717, 1.165) is 57.2 Å². The number of aliphatic hydroxyl groups is 1. The van der Waals surface area contributed by atoms with Crippen LogP contribution in [0.2, 0.25) is 0 Å². The second kappa shape index (κ2) is 14.3.